The number of carbonyl (C=O) groups excluding carboxylic acids is 1. The van der Waals surface area contributed by atoms with Gasteiger partial charge in [-0.2, -0.15) is 0 Å². The average Bonchev–Trinajstić information content (AvgIpc) is 2.39. The zero-order valence-corrected chi connectivity index (χ0v) is 9.61. The van der Waals surface area contributed by atoms with Gasteiger partial charge in [0.15, 0.2) is 11.4 Å². The maximum absolute atomic E-state index is 11.2. The van der Waals surface area contributed by atoms with Crippen LogP contribution in [0.25, 0.3) is 0 Å². The Kier molecular flexibility index (Phi) is 3.37. The molecule has 0 bridgehead atoms. The number of aromatic nitrogens is 2. The highest BCUT2D eigenvalue weighted by Crippen LogP contribution is 2.24. The minimum absolute atomic E-state index is 0.0174. The van der Waals surface area contributed by atoms with Crippen molar-refractivity contribution in [3.05, 3.63) is 47.9 Å². The molecule has 0 spiro atoms. The SMILES string of the molecule is NC(=O)c1cccnc1Oc1cccnc1C(=O)O. The second-order valence-electron chi connectivity index (χ2n) is 3.48. The van der Waals surface area contributed by atoms with Crippen molar-refractivity contribution in [2.75, 3.05) is 0 Å². The van der Waals surface area contributed by atoms with Gasteiger partial charge in [0.25, 0.3) is 5.91 Å². The lowest BCUT2D eigenvalue weighted by atomic mass is 10.2. The zero-order chi connectivity index (χ0) is 13.8. The molecule has 96 valence electrons. The summed E-state index contributed by atoms with van der Waals surface area (Å²) in [5.41, 5.74) is 4.96. The first-order valence-corrected chi connectivity index (χ1v) is 5.20. The molecule has 7 nitrogen and oxygen atoms in total. The van der Waals surface area contributed by atoms with Gasteiger partial charge in [-0.3, -0.25) is 4.79 Å². The maximum Gasteiger partial charge on any atom is 0.358 e. The molecule has 1 amide bonds. The van der Waals surface area contributed by atoms with E-state index in [-0.39, 0.29) is 22.9 Å². The summed E-state index contributed by atoms with van der Waals surface area (Å²) in [6.07, 6.45) is 2.72. The van der Waals surface area contributed by atoms with E-state index >= 15 is 0 Å². The van der Waals surface area contributed by atoms with Gasteiger partial charge in [-0.25, -0.2) is 14.8 Å². The predicted molar refractivity (Wildman–Crippen MR) is 64.0 cm³/mol. The monoisotopic (exact) mass is 259 g/mol. The molecule has 0 atom stereocenters. The summed E-state index contributed by atoms with van der Waals surface area (Å²) in [4.78, 5) is 29.7. The topological polar surface area (TPSA) is 115 Å². The van der Waals surface area contributed by atoms with Gasteiger partial charge in [0.2, 0.25) is 5.88 Å². The molecule has 0 unspecified atom stereocenters. The second-order valence-corrected chi connectivity index (χ2v) is 3.48. The van der Waals surface area contributed by atoms with Gasteiger partial charge in [-0.15, -0.1) is 0 Å². The van der Waals surface area contributed by atoms with Crippen LogP contribution in [0, 0.1) is 0 Å². The Morgan fingerprint density at radius 1 is 1.16 bits per heavy atom. The van der Waals surface area contributed by atoms with Crippen molar-refractivity contribution in [1.82, 2.24) is 9.97 Å². The van der Waals surface area contributed by atoms with E-state index in [0.717, 1.165) is 0 Å². The Bertz CT molecular complexity index is 587. The van der Waals surface area contributed by atoms with Crippen LogP contribution in [0.5, 0.6) is 11.6 Å². The van der Waals surface area contributed by atoms with Crippen LogP contribution < -0.4 is 10.5 Å². The van der Waals surface area contributed by atoms with Gasteiger partial charge in [-0.1, -0.05) is 0 Å². The van der Waals surface area contributed by atoms with Crippen molar-refractivity contribution in [2.24, 2.45) is 5.73 Å². The number of pyridine rings is 2. The van der Waals surface area contributed by atoms with Crippen LogP contribution in [0.3, 0.4) is 0 Å². The van der Waals surface area contributed by atoms with E-state index in [4.69, 9.17) is 15.6 Å². The summed E-state index contributed by atoms with van der Waals surface area (Å²) in [6, 6.07) is 5.88. The number of nitrogens with two attached hydrogens (primary N) is 1. The summed E-state index contributed by atoms with van der Waals surface area (Å²) in [5, 5.41) is 8.97. The van der Waals surface area contributed by atoms with Gasteiger partial charge in [0.1, 0.15) is 5.56 Å². The highest BCUT2D eigenvalue weighted by Gasteiger charge is 2.16. The van der Waals surface area contributed by atoms with E-state index in [1.807, 2.05) is 0 Å². The Hall–Kier alpha value is -2.96. The second kappa shape index (κ2) is 5.13. The molecular formula is C12H9N3O4. The lowest BCUT2D eigenvalue weighted by molar-refractivity contribution is 0.0687. The summed E-state index contributed by atoms with van der Waals surface area (Å²) < 4.78 is 5.31. The van der Waals surface area contributed by atoms with E-state index in [9.17, 15) is 9.59 Å². The van der Waals surface area contributed by atoms with Gasteiger partial charge < -0.3 is 15.6 Å². The molecule has 0 saturated carbocycles. The number of carboxylic acid groups (broad SMARTS) is 1. The number of carboxylic acids is 1. The summed E-state index contributed by atoms with van der Waals surface area (Å²) in [7, 11) is 0. The molecule has 0 aliphatic heterocycles. The highest BCUT2D eigenvalue weighted by atomic mass is 16.5. The molecule has 2 rings (SSSR count). The molecule has 2 aromatic heterocycles. The molecule has 0 aliphatic carbocycles. The molecule has 0 radical (unpaired) electrons. The molecule has 3 N–H and O–H groups in total. The Morgan fingerprint density at radius 2 is 1.84 bits per heavy atom. The van der Waals surface area contributed by atoms with Crippen LogP contribution in [-0.2, 0) is 0 Å². The number of aromatic carboxylic acids is 1. The largest absolute Gasteiger partial charge is 0.476 e. The number of ether oxygens (including phenoxy) is 1. The maximum atomic E-state index is 11.2. The Balaban J connectivity index is 2.42. The van der Waals surface area contributed by atoms with Crippen molar-refractivity contribution >= 4 is 11.9 Å². The third-order valence-corrected chi connectivity index (χ3v) is 2.22. The highest BCUT2D eigenvalue weighted by molar-refractivity contribution is 5.95. The van der Waals surface area contributed by atoms with E-state index in [1.165, 1.54) is 36.7 Å². The first-order chi connectivity index (χ1) is 9.09. The van der Waals surface area contributed by atoms with Crippen LogP contribution >= 0.6 is 0 Å². The summed E-state index contributed by atoms with van der Waals surface area (Å²) in [5.74, 6) is -2.04. The van der Waals surface area contributed by atoms with E-state index in [0.29, 0.717) is 0 Å². The van der Waals surface area contributed by atoms with Crippen molar-refractivity contribution in [2.45, 2.75) is 0 Å². The van der Waals surface area contributed by atoms with Crippen molar-refractivity contribution in [1.29, 1.82) is 0 Å². The number of primary amides is 1. The lowest BCUT2D eigenvalue weighted by Gasteiger charge is -2.08. The molecule has 2 heterocycles. The first kappa shape index (κ1) is 12.5. The van der Waals surface area contributed by atoms with Crippen LogP contribution in [0.1, 0.15) is 20.8 Å². The van der Waals surface area contributed by atoms with E-state index in [1.54, 1.807) is 0 Å². The van der Waals surface area contributed by atoms with Crippen LogP contribution in [0.15, 0.2) is 36.7 Å². The Labute approximate surface area is 107 Å². The van der Waals surface area contributed by atoms with Gasteiger partial charge in [0.05, 0.1) is 0 Å². The predicted octanol–water partition coefficient (Wildman–Crippen LogP) is 1.07. The number of hydrogen-bond acceptors (Lipinski definition) is 5. The third-order valence-electron chi connectivity index (χ3n) is 2.22. The van der Waals surface area contributed by atoms with Gasteiger partial charge in [-0.05, 0) is 24.3 Å². The molecule has 19 heavy (non-hydrogen) atoms. The molecule has 7 heteroatoms. The van der Waals surface area contributed by atoms with Crippen molar-refractivity contribution in [3.63, 3.8) is 0 Å². The van der Waals surface area contributed by atoms with Crippen LogP contribution in [-0.4, -0.2) is 27.0 Å². The number of nitrogens with zero attached hydrogens (tertiary/aromatic N) is 2. The smallest absolute Gasteiger partial charge is 0.358 e. The van der Waals surface area contributed by atoms with Gasteiger partial charge >= 0.3 is 5.97 Å². The van der Waals surface area contributed by atoms with Gasteiger partial charge in [0, 0.05) is 12.4 Å². The Morgan fingerprint density at radius 3 is 2.53 bits per heavy atom. The average molecular weight is 259 g/mol. The van der Waals surface area contributed by atoms with E-state index in [2.05, 4.69) is 9.97 Å². The molecule has 2 aromatic rings. The van der Waals surface area contributed by atoms with Crippen LogP contribution in [0.4, 0.5) is 0 Å². The fourth-order valence-corrected chi connectivity index (χ4v) is 1.40. The lowest BCUT2D eigenvalue weighted by Crippen LogP contribution is -2.13. The number of rotatable bonds is 4. The third kappa shape index (κ3) is 2.65. The quantitative estimate of drug-likeness (QED) is 0.848. The molecule has 0 fully saturated rings. The molecule has 0 saturated heterocycles. The molecule has 0 aliphatic rings. The minimum Gasteiger partial charge on any atom is -0.476 e. The fourth-order valence-electron chi connectivity index (χ4n) is 1.40. The fraction of sp³-hybridized carbons (Fsp3) is 0. The summed E-state index contributed by atoms with van der Waals surface area (Å²) >= 11 is 0. The van der Waals surface area contributed by atoms with Crippen LogP contribution in [0.2, 0.25) is 0 Å². The molecular weight excluding hydrogens is 250 g/mol. The van der Waals surface area contributed by atoms with E-state index < -0.39 is 11.9 Å². The summed E-state index contributed by atoms with van der Waals surface area (Å²) in [6.45, 7) is 0. The molecule has 0 aromatic carbocycles. The van der Waals surface area contributed by atoms with Crippen molar-refractivity contribution < 1.29 is 19.4 Å². The number of carbonyl (C=O) groups is 2. The normalized spacial score (nSPS) is 9.89. The van der Waals surface area contributed by atoms with Crippen molar-refractivity contribution in [3.8, 4) is 11.6 Å². The zero-order valence-electron chi connectivity index (χ0n) is 9.61. The first-order valence-electron chi connectivity index (χ1n) is 5.20. The minimum atomic E-state index is -1.24. The number of amides is 1. The standard InChI is InChI=1S/C12H9N3O4/c13-10(16)7-3-1-6-15-11(7)19-8-4-2-5-14-9(8)12(17)18/h1-6H,(H2,13,16)(H,17,18). The number of hydrogen-bond donors (Lipinski definition) is 2.